The lowest BCUT2D eigenvalue weighted by molar-refractivity contribution is -0.129. The fraction of sp³-hybridized carbons (Fsp3) is 0.400. The van der Waals surface area contributed by atoms with E-state index < -0.39 is 5.69 Å². The molecule has 1 aromatic carbocycles. The van der Waals surface area contributed by atoms with Crippen molar-refractivity contribution in [2.75, 3.05) is 18.8 Å². The van der Waals surface area contributed by atoms with Crippen LogP contribution in [-0.4, -0.2) is 48.8 Å². The fourth-order valence-corrected chi connectivity index (χ4v) is 4.54. The number of nitrogens with one attached hydrogen (secondary N) is 1. The van der Waals surface area contributed by atoms with E-state index in [9.17, 15) is 14.4 Å². The lowest BCUT2D eigenvalue weighted by atomic mass is 9.97. The predicted molar refractivity (Wildman–Crippen MR) is 112 cm³/mol. The number of imidazole rings is 1. The number of hydrogen-bond donors (Lipinski definition) is 1. The molecule has 3 aromatic rings. The number of amides is 1. The second-order valence-electron chi connectivity index (χ2n) is 7.31. The minimum atomic E-state index is -0.404. The summed E-state index contributed by atoms with van der Waals surface area (Å²) in [5.74, 6) is 1.17. The highest BCUT2D eigenvalue weighted by Gasteiger charge is 2.27. The van der Waals surface area contributed by atoms with Crippen LogP contribution in [0.25, 0.3) is 11.2 Å². The molecule has 1 fully saturated rings. The van der Waals surface area contributed by atoms with E-state index in [-0.39, 0.29) is 17.4 Å². The molecule has 0 saturated carbocycles. The monoisotopic (exact) mass is 413 g/mol. The summed E-state index contributed by atoms with van der Waals surface area (Å²) in [5.41, 5.74) is -0.104. The predicted octanol–water partition coefficient (Wildman–Crippen LogP) is 1.46. The van der Waals surface area contributed by atoms with Gasteiger partial charge in [-0.05, 0) is 25.0 Å². The first-order valence-corrected chi connectivity index (χ1v) is 10.6. The molecular weight excluding hydrogens is 390 g/mol. The van der Waals surface area contributed by atoms with Gasteiger partial charge in [0.25, 0.3) is 5.56 Å². The van der Waals surface area contributed by atoms with Crippen molar-refractivity contribution in [3.8, 4) is 0 Å². The van der Waals surface area contributed by atoms with Gasteiger partial charge in [-0.2, -0.15) is 0 Å². The second kappa shape index (κ2) is 7.90. The highest BCUT2D eigenvalue weighted by atomic mass is 32.2. The number of benzene rings is 1. The van der Waals surface area contributed by atoms with Gasteiger partial charge in [0.05, 0.1) is 5.75 Å². The van der Waals surface area contributed by atoms with E-state index in [0.717, 1.165) is 28.8 Å². The number of aryl methyl sites for hydroxylation is 1. The highest BCUT2D eigenvalue weighted by molar-refractivity contribution is 8.00. The molecule has 0 spiro atoms. The molecule has 1 saturated heterocycles. The summed E-state index contributed by atoms with van der Waals surface area (Å²) in [6.45, 7) is 1.29. The zero-order chi connectivity index (χ0) is 20.5. The van der Waals surface area contributed by atoms with Crippen molar-refractivity contribution in [3.05, 3.63) is 57.0 Å². The van der Waals surface area contributed by atoms with Gasteiger partial charge in [-0.1, -0.05) is 18.2 Å². The van der Waals surface area contributed by atoms with Crippen molar-refractivity contribution >= 4 is 28.8 Å². The molecule has 0 bridgehead atoms. The van der Waals surface area contributed by atoms with Crippen LogP contribution in [-0.2, 0) is 18.9 Å². The molecule has 9 heteroatoms. The van der Waals surface area contributed by atoms with E-state index in [0.29, 0.717) is 29.3 Å². The van der Waals surface area contributed by atoms with Crippen molar-refractivity contribution in [1.82, 2.24) is 24.0 Å². The van der Waals surface area contributed by atoms with Gasteiger partial charge in [-0.25, -0.2) is 9.78 Å². The Balaban J connectivity index is 1.52. The van der Waals surface area contributed by atoms with Gasteiger partial charge in [0.1, 0.15) is 11.3 Å². The molecule has 2 aromatic heterocycles. The summed E-state index contributed by atoms with van der Waals surface area (Å²) in [4.78, 5) is 47.8. The molecule has 29 heavy (non-hydrogen) atoms. The summed E-state index contributed by atoms with van der Waals surface area (Å²) in [7, 11) is 3.06. The van der Waals surface area contributed by atoms with Crippen LogP contribution in [0.15, 0.2) is 44.8 Å². The number of fused-ring (bicyclic) bond motifs is 1. The average Bonchev–Trinajstić information content (AvgIpc) is 3.21. The van der Waals surface area contributed by atoms with E-state index in [4.69, 9.17) is 0 Å². The van der Waals surface area contributed by atoms with Gasteiger partial charge in [0.15, 0.2) is 5.65 Å². The fourth-order valence-electron chi connectivity index (χ4n) is 3.72. The quantitative estimate of drug-likeness (QED) is 0.654. The number of rotatable bonds is 4. The Labute approximate surface area is 171 Å². The first kappa shape index (κ1) is 19.5. The largest absolute Gasteiger partial charge is 0.341 e. The van der Waals surface area contributed by atoms with Crippen molar-refractivity contribution in [1.29, 1.82) is 0 Å². The van der Waals surface area contributed by atoms with E-state index in [2.05, 4.69) is 9.97 Å². The highest BCUT2D eigenvalue weighted by Crippen LogP contribution is 2.27. The number of likely N-dealkylation sites (tertiary alicyclic amines) is 1. The van der Waals surface area contributed by atoms with Crippen LogP contribution >= 0.6 is 11.8 Å². The molecule has 1 aliphatic heterocycles. The normalized spacial score (nSPS) is 17.0. The van der Waals surface area contributed by atoms with Gasteiger partial charge in [-0.15, -0.1) is 11.8 Å². The number of thioether (sulfide) groups is 1. The Morgan fingerprint density at radius 1 is 1.21 bits per heavy atom. The van der Waals surface area contributed by atoms with Gasteiger partial charge in [0.2, 0.25) is 5.91 Å². The molecule has 8 nitrogen and oxygen atoms in total. The minimum Gasteiger partial charge on any atom is -0.341 e. The Kier molecular flexibility index (Phi) is 5.31. The molecule has 1 aliphatic rings. The molecule has 4 rings (SSSR count). The molecule has 1 atom stereocenters. The van der Waals surface area contributed by atoms with Gasteiger partial charge < -0.3 is 9.88 Å². The van der Waals surface area contributed by atoms with Crippen molar-refractivity contribution in [2.45, 2.75) is 23.7 Å². The van der Waals surface area contributed by atoms with Gasteiger partial charge >= 0.3 is 5.69 Å². The van der Waals surface area contributed by atoms with Crippen LogP contribution in [0.3, 0.4) is 0 Å². The summed E-state index contributed by atoms with van der Waals surface area (Å²) >= 11 is 1.53. The van der Waals surface area contributed by atoms with Crippen LogP contribution < -0.4 is 11.2 Å². The third kappa shape index (κ3) is 3.74. The topological polar surface area (TPSA) is 93.0 Å². The molecule has 0 radical (unpaired) electrons. The Bertz CT molecular complexity index is 1160. The Hall–Kier alpha value is -2.81. The minimum absolute atomic E-state index is 0.0154. The summed E-state index contributed by atoms with van der Waals surface area (Å²) < 4.78 is 2.45. The first-order chi connectivity index (χ1) is 14.0. The maximum atomic E-state index is 12.7. The smallest absolute Gasteiger partial charge is 0.332 e. The van der Waals surface area contributed by atoms with Crippen LogP contribution in [0, 0.1) is 0 Å². The SMILES string of the molecule is Cn1c(=O)c2[nH]c(C3CCCN(C(=O)CSc4ccccc4)C3)nc2n(C)c1=O. The van der Waals surface area contributed by atoms with Crippen molar-refractivity contribution in [2.24, 2.45) is 14.1 Å². The molecular formula is C20H23N5O3S. The molecule has 1 amide bonds. The number of aromatic nitrogens is 4. The molecule has 1 unspecified atom stereocenters. The van der Waals surface area contributed by atoms with E-state index in [1.54, 1.807) is 7.05 Å². The average molecular weight is 414 g/mol. The van der Waals surface area contributed by atoms with Crippen LogP contribution in [0.5, 0.6) is 0 Å². The van der Waals surface area contributed by atoms with Crippen LogP contribution in [0.4, 0.5) is 0 Å². The third-order valence-electron chi connectivity index (χ3n) is 5.38. The van der Waals surface area contributed by atoms with E-state index >= 15 is 0 Å². The Morgan fingerprint density at radius 3 is 2.72 bits per heavy atom. The van der Waals surface area contributed by atoms with Crippen LogP contribution in [0.2, 0.25) is 0 Å². The molecule has 0 aliphatic carbocycles. The summed E-state index contributed by atoms with van der Waals surface area (Å²) in [6.07, 6.45) is 1.75. The number of nitrogens with zero attached hydrogens (tertiary/aromatic N) is 4. The Morgan fingerprint density at radius 2 is 1.97 bits per heavy atom. The van der Waals surface area contributed by atoms with E-state index in [1.165, 1.54) is 23.4 Å². The number of carbonyl (C=O) groups excluding carboxylic acids is 1. The maximum absolute atomic E-state index is 12.7. The lowest BCUT2D eigenvalue weighted by Gasteiger charge is -2.31. The first-order valence-electron chi connectivity index (χ1n) is 9.57. The van der Waals surface area contributed by atoms with Crippen LogP contribution in [0.1, 0.15) is 24.6 Å². The number of H-pyrrole nitrogens is 1. The number of piperidine rings is 1. The third-order valence-corrected chi connectivity index (χ3v) is 6.38. The number of carbonyl (C=O) groups is 1. The lowest BCUT2D eigenvalue weighted by Crippen LogP contribution is -2.40. The molecule has 152 valence electrons. The molecule has 3 heterocycles. The summed E-state index contributed by atoms with van der Waals surface area (Å²) in [6, 6.07) is 9.87. The van der Waals surface area contributed by atoms with Crippen molar-refractivity contribution in [3.63, 3.8) is 0 Å². The van der Waals surface area contributed by atoms with Gasteiger partial charge in [0, 0.05) is 38.0 Å². The number of hydrogen-bond acceptors (Lipinski definition) is 5. The summed E-state index contributed by atoms with van der Waals surface area (Å²) in [5, 5.41) is 0. The second-order valence-corrected chi connectivity index (χ2v) is 8.36. The number of aromatic amines is 1. The van der Waals surface area contributed by atoms with Gasteiger partial charge in [-0.3, -0.25) is 18.7 Å². The van der Waals surface area contributed by atoms with E-state index in [1.807, 2.05) is 35.2 Å². The molecule has 1 N–H and O–H groups in total. The zero-order valence-corrected chi connectivity index (χ0v) is 17.2. The van der Waals surface area contributed by atoms with Crippen molar-refractivity contribution < 1.29 is 4.79 Å². The standard InChI is InChI=1S/C20H23N5O3S/c1-23-18-16(19(27)24(2)20(23)28)21-17(22-18)13-7-6-10-25(11-13)15(26)12-29-14-8-4-3-5-9-14/h3-5,8-9,13H,6-7,10-12H2,1-2H3,(H,21,22). The maximum Gasteiger partial charge on any atom is 0.332 e. The zero-order valence-electron chi connectivity index (χ0n) is 16.4.